The molecule has 0 unspecified atom stereocenters. The molecule has 0 aliphatic carbocycles. The highest BCUT2D eigenvalue weighted by molar-refractivity contribution is 5.72. The lowest BCUT2D eigenvalue weighted by atomic mass is 10.0. The Bertz CT molecular complexity index is 382. The van der Waals surface area contributed by atoms with Crippen molar-refractivity contribution in [2.24, 2.45) is 5.92 Å². The van der Waals surface area contributed by atoms with Crippen LogP contribution in [-0.2, 0) is 9.53 Å². The molecule has 0 bridgehead atoms. The highest BCUT2D eigenvalue weighted by Crippen LogP contribution is 2.21. The molecule has 1 aromatic rings. The number of nitrogens with zero attached hydrogens (tertiary/aromatic N) is 1. The van der Waals surface area contributed by atoms with Crippen molar-refractivity contribution in [1.29, 1.82) is 0 Å². The minimum atomic E-state index is -0.329. The normalized spacial score (nSPS) is 13.8. The van der Waals surface area contributed by atoms with E-state index in [1.807, 2.05) is 6.92 Å². The topological polar surface area (TPSA) is 74.4 Å². The summed E-state index contributed by atoms with van der Waals surface area (Å²) >= 11 is 0. The van der Waals surface area contributed by atoms with Gasteiger partial charge in [-0.2, -0.15) is 0 Å². The monoisotopic (exact) mass is 238 g/mol. The van der Waals surface area contributed by atoms with E-state index in [1.54, 1.807) is 25.3 Å². The number of hydrogen-bond acceptors (Lipinski definition) is 5. The second kappa shape index (κ2) is 6.08. The summed E-state index contributed by atoms with van der Waals surface area (Å²) < 4.78 is 10.3. The molecule has 1 heterocycles. The summed E-state index contributed by atoms with van der Waals surface area (Å²) in [6, 6.07) is 3.43. The molecule has 1 aromatic heterocycles. The van der Waals surface area contributed by atoms with Gasteiger partial charge in [0.2, 0.25) is 5.88 Å². The summed E-state index contributed by atoms with van der Waals surface area (Å²) in [6.07, 6.45) is 1.91. The Hall–Kier alpha value is -1.78. The van der Waals surface area contributed by atoms with Crippen LogP contribution in [0.3, 0.4) is 0 Å². The molecule has 5 nitrogen and oxygen atoms in total. The number of carbonyl (C=O) groups is 1. The first-order chi connectivity index (χ1) is 8.10. The third kappa shape index (κ3) is 3.34. The van der Waals surface area contributed by atoms with Crippen LogP contribution in [0, 0.1) is 5.92 Å². The number of carbonyl (C=O) groups excluding carboxylic acids is 1. The molecule has 0 aliphatic heterocycles. The first kappa shape index (κ1) is 13.3. The van der Waals surface area contributed by atoms with Crippen molar-refractivity contribution < 1.29 is 14.3 Å². The van der Waals surface area contributed by atoms with Crippen molar-refractivity contribution in [1.82, 2.24) is 4.98 Å². The Labute approximate surface area is 101 Å². The lowest BCUT2D eigenvalue weighted by Gasteiger charge is -2.21. The molecular formula is C12H18N2O3. The standard InChI is InChI=1S/C12H18N2O3/c1-4-9(12(15)16-3)8(2)17-11-10(13)6-5-7-14-11/h5-9H,4,13H2,1-3H3/t8-,9+/m1/s1. The third-order valence-electron chi connectivity index (χ3n) is 2.61. The van der Waals surface area contributed by atoms with Gasteiger partial charge in [0.15, 0.2) is 0 Å². The molecule has 0 saturated carbocycles. The third-order valence-corrected chi connectivity index (χ3v) is 2.61. The number of esters is 1. The molecule has 0 fully saturated rings. The van der Waals surface area contributed by atoms with Crippen molar-refractivity contribution >= 4 is 11.7 Å². The van der Waals surface area contributed by atoms with Crippen molar-refractivity contribution in [3.05, 3.63) is 18.3 Å². The molecule has 94 valence electrons. The minimum absolute atomic E-state index is 0.283. The van der Waals surface area contributed by atoms with Gasteiger partial charge in [-0.1, -0.05) is 6.92 Å². The van der Waals surface area contributed by atoms with E-state index in [4.69, 9.17) is 15.2 Å². The molecule has 5 heteroatoms. The van der Waals surface area contributed by atoms with Crippen molar-refractivity contribution in [3.8, 4) is 5.88 Å². The van der Waals surface area contributed by atoms with Crippen LogP contribution in [0.15, 0.2) is 18.3 Å². The van der Waals surface area contributed by atoms with Gasteiger partial charge in [0, 0.05) is 6.20 Å². The number of aromatic nitrogens is 1. The fraction of sp³-hybridized carbons (Fsp3) is 0.500. The fourth-order valence-corrected chi connectivity index (χ4v) is 1.60. The number of nitrogens with two attached hydrogens (primary N) is 1. The van der Waals surface area contributed by atoms with Gasteiger partial charge in [-0.25, -0.2) is 4.98 Å². The van der Waals surface area contributed by atoms with Gasteiger partial charge in [0.05, 0.1) is 18.7 Å². The average Bonchev–Trinajstić information content (AvgIpc) is 2.32. The maximum Gasteiger partial charge on any atom is 0.312 e. The Morgan fingerprint density at radius 3 is 2.82 bits per heavy atom. The van der Waals surface area contributed by atoms with E-state index >= 15 is 0 Å². The van der Waals surface area contributed by atoms with Gasteiger partial charge in [-0.05, 0) is 25.5 Å². The molecule has 0 saturated heterocycles. The molecule has 17 heavy (non-hydrogen) atoms. The number of methoxy groups -OCH3 is 1. The zero-order valence-corrected chi connectivity index (χ0v) is 10.3. The van der Waals surface area contributed by atoms with Crippen LogP contribution in [-0.4, -0.2) is 24.2 Å². The second-order valence-corrected chi connectivity index (χ2v) is 3.76. The summed E-state index contributed by atoms with van der Waals surface area (Å²) in [7, 11) is 1.37. The van der Waals surface area contributed by atoms with Gasteiger partial charge in [0.25, 0.3) is 0 Å². The van der Waals surface area contributed by atoms with Gasteiger partial charge < -0.3 is 15.2 Å². The molecular weight excluding hydrogens is 220 g/mol. The molecule has 0 spiro atoms. The Balaban J connectivity index is 2.74. The Morgan fingerprint density at radius 1 is 1.59 bits per heavy atom. The van der Waals surface area contributed by atoms with Crippen LogP contribution in [0.25, 0.3) is 0 Å². The Morgan fingerprint density at radius 2 is 2.29 bits per heavy atom. The molecule has 0 amide bonds. The summed E-state index contributed by atoms with van der Waals surface area (Å²) in [5.41, 5.74) is 6.17. The lowest BCUT2D eigenvalue weighted by molar-refractivity contribution is -0.148. The number of ether oxygens (including phenoxy) is 2. The second-order valence-electron chi connectivity index (χ2n) is 3.76. The summed E-state index contributed by atoms with van der Waals surface area (Å²) in [6.45, 7) is 3.71. The zero-order valence-electron chi connectivity index (χ0n) is 10.3. The number of rotatable bonds is 5. The fourth-order valence-electron chi connectivity index (χ4n) is 1.60. The molecule has 2 atom stereocenters. The summed E-state index contributed by atoms with van der Waals surface area (Å²) in [4.78, 5) is 15.5. The summed E-state index contributed by atoms with van der Waals surface area (Å²) in [5, 5.41) is 0. The smallest absolute Gasteiger partial charge is 0.312 e. The van der Waals surface area contributed by atoms with Crippen LogP contribution in [0.4, 0.5) is 5.69 Å². The van der Waals surface area contributed by atoms with Crippen molar-refractivity contribution in [2.75, 3.05) is 12.8 Å². The van der Waals surface area contributed by atoms with Crippen molar-refractivity contribution in [3.63, 3.8) is 0 Å². The predicted molar refractivity (Wildman–Crippen MR) is 64.5 cm³/mol. The van der Waals surface area contributed by atoms with Gasteiger partial charge in [-0.15, -0.1) is 0 Å². The first-order valence-electron chi connectivity index (χ1n) is 5.55. The van der Waals surface area contributed by atoms with E-state index in [0.29, 0.717) is 18.0 Å². The van der Waals surface area contributed by atoms with E-state index in [9.17, 15) is 4.79 Å². The van der Waals surface area contributed by atoms with Crippen LogP contribution in [0.5, 0.6) is 5.88 Å². The van der Waals surface area contributed by atoms with Gasteiger partial charge in [-0.3, -0.25) is 4.79 Å². The molecule has 1 rings (SSSR count). The van der Waals surface area contributed by atoms with Crippen LogP contribution in [0.1, 0.15) is 20.3 Å². The maximum absolute atomic E-state index is 11.5. The van der Waals surface area contributed by atoms with E-state index in [-0.39, 0.29) is 18.0 Å². The first-order valence-corrected chi connectivity index (χ1v) is 5.55. The largest absolute Gasteiger partial charge is 0.472 e. The van der Waals surface area contributed by atoms with E-state index in [2.05, 4.69) is 4.98 Å². The number of anilines is 1. The lowest BCUT2D eigenvalue weighted by Crippen LogP contribution is -2.31. The molecule has 0 radical (unpaired) electrons. The SMILES string of the molecule is CC[C@H](C(=O)OC)[C@@H](C)Oc1ncccc1N. The average molecular weight is 238 g/mol. The summed E-state index contributed by atoms with van der Waals surface area (Å²) in [5.74, 6) is -0.252. The predicted octanol–water partition coefficient (Wildman–Crippen LogP) is 1.63. The van der Waals surface area contributed by atoms with Crippen LogP contribution in [0.2, 0.25) is 0 Å². The number of pyridine rings is 1. The van der Waals surface area contributed by atoms with E-state index in [1.165, 1.54) is 7.11 Å². The van der Waals surface area contributed by atoms with E-state index < -0.39 is 0 Å². The highest BCUT2D eigenvalue weighted by Gasteiger charge is 2.26. The van der Waals surface area contributed by atoms with Gasteiger partial charge >= 0.3 is 5.97 Å². The van der Waals surface area contributed by atoms with Gasteiger partial charge in [0.1, 0.15) is 6.10 Å². The minimum Gasteiger partial charge on any atom is -0.472 e. The van der Waals surface area contributed by atoms with Crippen LogP contribution >= 0.6 is 0 Å². The quantitative estimate of drug-likeness (QED) is 0.789. The number of hydrogen-bond donors (Lipinski definition) is 1. The van der Waals surface area contributed by atoms with Crippen LogP contribution < -0.4 is 10.5 Å². The maximum atomic E-state index is 11.5. The zero-order chi connectivity index (χ0) is 12.8. The van der Waals surface area contributed by atoms with E-state index in [0.717, 1.165) is 0 Å². The molecule has 2 N–H and O–H groups in total. The highest BCUT2D eigenvalue weighted by atomic mass is 16.5. The Kier molecular flexibility index (Phi) is 4.75. The molecule has 0 aliphatic rings. The van der Waals surface area contributed by atoms with Crippen molar-refractivity contribution in [2.45, 2.75) is 26.4 Å². The molecule has 0 aromatic carbocycles. The number of nitrogen functional groups attached to an aromatic ring is 1.